The van der Waals surface area contributed by atoms with Crippen LogP contribution in [0.15, 0.2) is 35.8 Å². The van der Waals surface area contributed by atoms with Gasteiger partial charge in [0.25, 0.3) is 0 Å². The van der Waals surface area contributed by atoms with Crippen molar-refractivity contribution in [1.82, 2.24) is 9.55 Å². The molecule has 0 N–H and O–H groups in total. The number of carbonyl (C=O) groups excluding carboxylic acids is 2. The van der Waals surface area contributed by atoms with Crippen molar-refractivity contribution < 1.29 is 23.8 Å². The summed E-state index contributed by atoms with van der Waals surface area (Å²) in [6, 6.07) is 7.09. The van der Waals surface area contributed by atoms with Crippen LogP contribution in [-0.2, 0) is 18.4 Å². The predicted octanol–water partition coefficient (Wildman–Crippen LogP) is 3.73. The molecular weight excluding hydrogens is 380 g/mol. The summed E-state index contributed by atoms with van der Waals surface area (Å²) < 4.78 is 17.5. The second-order valence-electron chi connectivity index (χ2n) is 6.07. The first kappa shape index (κ1) is 19.6. The smallest absolute Gasteiger partial charge is 0.355 e. The Kier molecular flexibility index (Phi) is 5.79. The van der Waals surface area contributed by atoms with E-state index in [1.807, 2.05) is 23.6 Å². The summed E-state index contributed by atoms with van der Waals surface area (Å²) in [5.74, 6) is 0.655. The summed E-state index contributed by atoms with van der Waals surface area (Å²) in [7, 11) is 4.86. The number of aryl methyl sites for hydroxylation is 1. The number of Topliss-reactive ketones (excluding diaryl/α,β-unsaturated/α-hetero) is 1. The molecule has 146 valence electrons. The number of hydrogen-bond donors (Lipinski definition) is 0. The van der Waals surface area contributed by atoms with Gasteiger partial charge in [-0.15, -0.1) is 11.3 Å². The predicted molar refractivity (Wildman–Crippen MR) is 105 cm³/mol. The molecule has 0 unspecified atom stereocenters. The Labute approximate surface area is 166 Å². The van der Waals surface area contributed by atoms with Gasteiger partial charge in [0.15, 0.2) is 17.3 Å². The molecule has 0 bridgehead atoms. The molecule has 7 nitrogen and oxygen atoms in total. The van der Waals surface area contributed by atoms with E-state index in [1.165, 1.54) is 24.3 Å². The third-order valence-corrected chi connectivity index (χ3v) is 5.09. The van der Waals surface area contributed by atoms with Crippen molar-refractivity contribution in [2.45, 2.75) is 13.5 Å². The molecule has 8 heteroatoms. The van der Waals surface area contributed by atoms with E-state index in [0.717, 1.165) is 10.6 Å². The molecule has 28 heavy (non-hydrogen) atoms. The lowest BCUT2D eigenvalue weighted by Gasteiger charge is -2.08. The first-order valence-corrected chi connectivity index (χ1v) is 9.32. The quantitative estimate of drug-likeness (QED) is 0.444. The molecule has 0 spiro atoms. The second kappa shape index (κ2) is 8.26. The number of ketones is 1. The van der Waals surface area contributed by atoms with Crippen LogP contribution in [-0.4, -0.2) is 35.5 Å². The van der Waals surface area contributed by atoms with Gasteiger partial charge in [-0.1, -0.05) is 0 Å². The first-order valence-electron chi connectivity index (χ1n) is 8.44. The van der Waals surface area contributed by atoms with Crippen LogP contribution in [0.4, 0.5) is 0 Å². The molecule has 3 rings (SSSR count). The molecule has 0 aliphatic heterocycles. The van der Waals surface area contributed by atoms with Gasteiger partial charge in [-0.25, -0.2) is 9.78 Å². The van der Waals surface area contributed by atoms with Gasteiger partial charge in [0.1, 0.15) is 17.3 Å². The third kappa shape index (κ3) is 4.07. The van der Waals surface area contributed by atoms with Crippen LogP contribution in [0.25, 0.3) is 10.6 Å². The van der Waals surface area contributed by atoms with Crippen LogP contribution in [0.1, 0.15) is 33.5 Å². The lowest BCUT2D eigenvalue weighted by Crippen LogP contribution is -2.09. The zero-order chi connectivity index (χ0) is 20.3. The van der Waals surface area contributed by atoms with E-state index >= 15 is 0 Å². The fraction of sp³-hybridized carbons (Fsp3) is 0.250. The van der Waals surface area contributed by atoms with Crippen molar-refractivity contribution >= 4 is 23.1 Å². The molecule has 1 aromatic carbocycles. The number of hydrogen-bond acceptors (Lipinski definition) is 7. The lowest BCUT2D eigenvalue weighted by molar-refractivity contribution is 0.0457. The number of rotatable bonds is 7. The number of carbonyl (C=O) groups is 2. The number of ether oxygens (including phenoxy) is 3. The van der Waals surface area contributed by atoms with Gasteiger partial charge in [-0.3, -0.25) is 4.79 Å². The molecular formula is C20H20N2O5S. The van der Waals surface area contributed by atoms with E-state index in [9.17, 15) is 9.59 Å². The van der Waals surface area contributed by atoms with E-state index in [0.29, 0.717) is 28.5 Å². The Morgan fingerprint density at radius 2 is 1.89 bits per heavy atom. The average Bonchev–Trinajstić information content (AvgIpc) is 3.32. The Bertz CT molecular complexity index is 1020. The number of aromatic nitrogens is 2. The number of methoxy groups -OCH3 is 2. The number of benzene rings is 1. The zero-order valence-electron chi connectivity index (χ0n) is 16.0. The summed E-state index contributed by atoms with van der Waals surface area (Å²) in [4.78, 5) is 28.3. The van der Waals surface area contributed by atoms with Gasteiger partial charge in [0.05, 0.1) is 19.9 Å². The minimum absolute atomic E-state index is 0.0448. The van der Waals surface area contributed by atoms with Crippen molar-refractivity contribution in [3.63, 3.8) is 0 Å². The van der Waals surface area contributed by atoms with E-state index in [1.54, 1.807) is 32.0 Å². The molecule has 0 saturated heterocycles. The van der Waals surface area contributed by atoms with Crippen LogP contribution in [0, 0.1) is 0 Å². The van der Waals surface area contributed by atoms with Crippen molar-refractivity contribution in [2.75, 3.05) is 14.2 Å². The van der Waals surface area contributed by atoms with Gasteiger partial charge in [0.2, 0.25) is 0 Å². The summed E-state index contributed by atoms with van der Waals surface area (Å²) >= 11 is 1.45. The Morgan fingerprint density at radius 1 is 1.14 bits per heavy atom. The van der Waals surface area contributed by atoms with E-state index in [-0.39, 0.29) is 12.4 Å². The highest BCUT2D eigenvalue weighted by molar-refractivity contribution is 7.13. The molecule has 2 aromatic heterocycles. The van der Waals surface area contributed by atoms with Crippen molar-refractivity contribution in [1.29, 1.82) is 0 Å². The van der Waals surface area contributed by atoms with Crippen molar-refractivity contribution in [2.24, 2.45) is 7.05 Å². The lowest BCUT2D eigenvalue weighted by atomic mass is 10.2. The number of nitrogens with zero attached hydrogens (tertiary/aromatic N) is 2. The Morgan fingerprint density at radius 3 is 2.54 bits per heavy atom. The van der Waals surface area contributed by atoms with E-state index in [4.69, 9.17) is 14.2 Å². The van der Waals surface area contributed by atoms with E-state index in [2.05, 4.69) is 4.98 Å². The maximum Gasteiger partial charge on any atom is 0.355 e. The Hall–Kier alpha value is -3.13. The summed E-state index contributed by atoms with van der Waals surface area (Å²) in [6.07, 6.45) is 1.61. The van der Waals surface area contributed by atoms with Crippen LogP contribution in [0.5, 0.6) is 11.5 Å². The zero-order valence-corrected chi connectivity index (χ0v) is 16.8. The summed E-state index contributed by atoms with van der Waals surface area (Å²) in [6.45, 7) is 1.50. The standard InChI is InChI=1S/C20H20N2O5S/c1-12(23)14-7-16(22(2)9-14)20(24)27-10-15-11-28-19(21-15)13-5-6-17(25-3)18(8-13)26-4/h5-9,11H,10H2,1-4H3. The normalized spacial score (nSPS) is 10.6. The van der Waals surface area contributed by atoms with Crippen LogP contribution < -0.4 is 9.47 Å². The third-order valence-electron chi connectivity index (χ3n) is 4.15. The first-order chi connectivity index (χ1) is 13.4. The number of thiazole rings is 1. The highest BCUT2D eigenvalue weighted by Crippen LogP contribution is 2.33. The Balaban J connectivity index is 1.70. The van der Waals surface area contributed by atoms with Gasteiger partial charge in [0, 0.05) is 29.8 Å². The molecule has 0 atom stereocenters. The molecule has 0 aliphatic rings. The molecule has 0 radical (unpaired) electrons. The molecule has 0 amide bonds. The summed E-state index contributed by atoms with van der Waals surface area (Å²) in [5.41, 5.74) is 2.32. The van der Waals surface area contributed by atoms with E-state index < -0.39 is 5.97 Å². The fourth-order valence-electron chi connectivity index (χ4n) is 2.65. The molecule has 2 heterocycles. The molecule has 0 saturated carbocycles. The highest BCUT2D eigenvalue weighted by Gasteiger charge is 2.16. The largest absolute Gasteiger partial charge is 0.493 e. The average molecular weight is 400 g/mol. The SMILES string of the molecule is COc1ccc(-c2nc(COC(=O)c3cc(C(C)=O)cn3C)cs2)cc1OC. The van der Waals surface area contributed by atoms with Gasteiger partial charge >= 0.3 is 5.97 Å². The molecule has 0 fully saturated rings. The van der Waals surface area contributed by atoms with Gasteiger partial charge in [-0.2, -0.15) is 0 Å². The minimum atomic E-state index is -0.504. The molecule has 0 aliphatic carbocycles. The summed E-state index contributed by atoms with van der Waals surface area (Å²) in [5, 5.41) is 2.62. The second-order valence-corrected chi connectivity index (χ2v) is 6.93. The monoisotopic (exact) mass is 400 g/mol. The molecule has 3 aromatic rings. The topological polar surface area (TPSA) is 79.7 Å². The van der Waals surface area contributed by atoms with Crippen molar-refractivity contribution in [3.8, 4) is 22.1 Å². The minimum Gasteiger partial charge on any atom is -0.493 e. The van der Waals surface area contributed by atoms with Gasteiger partial charge in [-0.05, 0) is 31.2 Å². The fourth-order valence-corrected chi connectivity index (χ4v) is 3.45. The van der Waals surface area contributed by atoms with Crippen LogP contribution in [0.3, 0.4) is 0 Å². The maximum atomic E-state index is 12.3. The van der Waals surface area contributed by atoms with Crippen LogP contribution in [0.2, 0.25) is 0 Å². The maximum absolute atomic E-state index is 12.3. The van der Waals surface area contributed by atoms with Crippen molar-refractivity contribution in [3.05, 3.63) is 52.8 Å². The van der Waals surface area contributed by atoms with Crippen LogP contribution >= 0.6 is 11.3 Å². The van der Waals surface area contributed by atoms with Gasteiger partial charge < -0.3 is 18.8 Å². The number of esters is 1. The highest BCUT2D eigenvalue weighted by atomic mass is 32.1.